The molecule has 1 heterocycles. The number of aryl methyl sites for hydroxylation is 1. The van der Waals surface area contributed by atoms with Crippen molar-refractivity contribution in [1.82, 2.24) is 19.9 Å². The Balaban J connectivity index is 1.63. The van der Waals surface area contributed by atoms with E-state index in [0.717, 1.165) is 11.1 Å². The van der Waals surface area contributed by atoms with Gasteiger partial charge in [0, 0.05) is 25.4 Å². The van der Waals surface area contributed by atoms with Crippen LogP contribution in [0.1, 0.15) is 28.8 Å². The molecule has 2 aromatic carbocycles. The second kappa shape index (κ2) is 13.5. The lowest BCUT2D eigenvalue weighted by atomic mass is 10.1. The summed E-state index contributed by atoms with van der Waals surface area (Å²) in [6.07, 6.45) is 2.20. The molecule has 1 atom stereocenters. The number of likely N-dealkylation sites (N-methyl/N-ethyl adjacent to an activating group) is 1. The molecule has 10 nitrogen and oxygen atoms in total. The number of nitrogens with two attached hydrogens (primary N) is 1. The molecule has 11 heteroatoms. The van der Waals surface area contributed by atoms with Crippen LogP contribution in [0.4, 0.5) is 0 Å². The van der Waals surface area contributed by atoms with Crippen molar-refractivity contribution < 1.29 is 18.0 Å². The van der Waals surface area contributed by atoms with Crippen LogP contribution in [0.5, 0.6) is 0 Å². The Labute approximate surface area is 222 Å². The van der Waals surface area contributed by atoms with E-state index in [1.54, 1.807) is 42.5 Å². The average molecular weight is 537 g/mol. The third kappa shape index (κ3) is 9.09. The number of nitrogens with one attached hydrogen (secondary N) is 3. The van der Waals surface area contributed by atoms with Gasteiger partial charge in [0.2, 0.25) is 21.8 Å². The van der Waals surface area contributed by atoms with E-state index in [0.29, 0.717) is 17.7 Å². The number of amides is 2. The predicted molar refractivity (Wildman–Crippen MR) is 145 cm³/mol. The second-order valence-electron chi connectivity index (χ2n) is 8.86. The molecule has 0 aliphatic carbocycles. The largest absolute Gasteiger partial charge is 0.384 e. The van der Waals surface area contributed by atoms with E-state index in [-0.39, 0.29) is 31.1 Å². The van der Waals surface area contributed by atoms with Gasteiger partial charge in [-0.3, -0.25) is 20.0 Å². The van der Waals surface area contributed by atoms with Gasteiger partial charge in [-0.05, 0) is 36.1 Å². The summed E-state index contributed by atoms with van der Waals surface area (Å²) in [4.78, 5) is 31.1. The molecule has 0 aliphatic heterocycles. The highest BCUT2D eigenvalue weighted by Gasteiger charge is 2.28. The third-order valence-corrected chi connectivity index (χ3v) is 7.08. The van der Waals surface area contributed by atoms with Crippen molar-refractivity contribution in [2.75, 3.05) is 13.6 Å². The quantitative estimate of drug-likeness (QED) is 0.192. The van der Waals surface area contributed by atoms with Gasteiger partial charge >= 0.3 is 0 Å². The fraction of sp³-hybridized carbons (Fsp3) is 0.259. The van der Waals surface area contributed by atoms with E-state index in [1.807, 2.05) is 30.3 Å². The van der Waals surface area contributed by atoms with Gasteiger partial charge in [-0.1, -0.05) is 60.7 Å². The van der Waals surface area contributed by atoms with Crippen molar-refractivity contribution in [2.24, 2.45) is 5.73 Å². The van der Waals surface area contributed by atoms with Gasteiger partial charge in [-0.15, -0.1) is 0 Å². The summed E-state index contributed by atoms with van der Waals surface area (Å²) in [5, 5.41) is 10.2. The van der Waals surface area contributed by atoms with E-state index < -0.39 is 27.9 Å². The molecule has 0 unspecified atom stereocenters. The molecular weight excluding hydrogens is 504 g/mol. The van der Waals surface area contributed by atoms with Gasteiger partial charge in [-0.25, -0.2) is 13.1 Å². The highest BCUT2D eigenvalue weighted by Crippen LogP contribution is 2.10. The minimum atomic E-state index is -3.89. The first-order valence-electron chi connectivity index (χ1n) is 12.0. The lowest BCUT2D eigenvalue weighted by Gasteiger charge is -2.24. The van der Waals surface area contributed by atoms with Crippen molar-refractivity contribution in [3.63, 3.8) is 0 Å². The van der Waals surface area contributed by atoms with Crippen LogP contribution in [0.3, 0.4) is 0 Å². The number of rotatable bonds is 13. The minimum absolute atomic E-state index is 0.0433. The summed E-state index contributed by atoms with van der Waals surface area (Å²) < 4.78 is 28.3. The minimum Gasteiger partial charge on any atom is -0.384 e. The zero-order chi connectivity index (χ0) is 27.5. The van der Waals surface area contributed by atoms with Gasteiger partial charge in [0.15, 0.2) is 0 Å². The standard InChI is InChI=1S/C27H32N6O4S/c1-33(18-25(34)31-17-21-10-13-22(14-11-21)26(28)29)27(35)24(15-12-20-7-3-2-4-8-20)32-38(36,37)19-23-9-5-6-16-30-23/h2-11,13-14,16,24,32H,12,15,17-19H2,1H3,(H3,28,29)(H,31,34)/t24-/m1/s1. The Hall–Kier alpha value is -4.09. The maximum Gasteiger partial charge on any atom is 0.240 e. The summed E-state index contributed by atoms with van der Waals surface area (Å²) in [6.45, 7) is -0.0125. The van der Waals surface area contributed by atoms with Crippen LogP contribution in [0.2, 0.25) is 0 Å². The molecule has 0 bridgehead atoms. The second-order valence-corrected chi connectivity index (χ2v) is 10.6. The molecule has 0 aliphatic rings. The van der Waals surface area contributed by atoms with E-state index >= 15 is 0 Å². The average Bonchev–Trinajstić information content (AvgIpc) is 2.90. The van der Waals surface area contributed by atoms with Crippen molar-refractivity contribution in [1.29, 1.82) is 5.41 Å². The van der Waals surface area contributed by atoms with E-state index in [2.05, 4.69) is 15.0 Å². The first-order chi connectivity index (χ1) is 18.1. The Bertz CT molecular complexity index is 1330. The molecule has 0 saturated carbocycles. The molecule has 0 radical (unpaired) electrons. The van der Waals surface area contributed by atoms with Crippen LogP contribution in [-0.2, 0) is 38.3 Å². The number of nitrogen functional groups attached to an aromatic ring is 1. The number of hydrogen-bond donors (Lipinski definition) is 4. The Morgan fingerprint density at radius 1 is 1.00 bits per heavy atom. The molecule has 200 valence electrons. The maximum atomic E-state index is 13.3. The summed E-state index contributed by atoms with van der Waals surface area (Å²) in [5.74, 6) is -1.31. The number of amidine groups is 1. The van der Waals surface area contributed by atoms with Crippen LogP contribution in [0.15, 0.2) is 79.0 Å². The van der Waals surface area contributed by atoms with Crippen molar-refractivity contribution >= 4 is 27.7 Å². The van der Waals surface area contributed by atoms with Crippen LogP contribution in [0, 0.1) is 5.41 Å². The van der Waals surface area contributed by atoms with Crippen LogP contribution >= 0.6 is 0 Å². The first kappa shape index (κ1) is 28.5. The van der Waals surface area contributed by atoms with Crippen molar-refractivity contribution in [2.45, 2.75) is 31.2 Å². The molecule has 0 spiro atoms. The molecule has 2 amide bonds. The van der Waals surface area contributed by atoms with Gasteiger partial charge < -0.3 is 16.0 Å². The predicted octanol–water partition coefficient (Wildman–Crippen LogP) is 1.56. The van der Waals surface area contributed by atoms with Crippen LogP contribution in [-0.4, -0.2) is 55.6 Å². The van der Waals surface area contributed by atoms with Crippen LogP contribution < -0.4 is 15.8 Å². The van der Waals surface area contributed by atoms with Crippen molar-refractivity contribution in [3.8, 4) is 0 Å². The number of pyridine rings is 1. The smallest absolute Gasteiger partial charge is 0.240 e. The Morgan fingerprint density at radius 3 is 2.32 bits per heavy atom. The third-order valence-electron chi connectivity index (χ3n) is 5.76. The number of benzene rings is 2. The highest BCUT2D eigenvalue weighted by atomic mass is 32.2. The number of hydrogen-bond acceptors (Lipinski definition) is 6. The first-order valence-corrected chi connectivity index (χ1v) is 13.7. The zero-order valence-corrected chi connectivity index (χ0v) is 21.9. The fourth-order valence-corrected chi connectivity index (χ4v) is 5.04. The number of aromatic nitrogens is 1. The van der Waals surface area contributed by atoms with E-state index in [4.69, 9.17) is 11.1 Å². The molecule has 0 fully saturated rings. The van der Waals surface area contributed by atoms with E-state index in [1.165, 1.54) is 18.1 Å². The summed E-state index contributed by atoms with van der Waals surface area (Å²) in [6, 6.07) is 20.3. The molecule has 5 N–H and O–H groups in total. The fourth-order valence-electron chi connectivity index (χ4n) is 3.74. The molecular formula is C27H32N6O4S. The Kier molecular flexibility index (Phi) is 10.1. The number of carbonyl (C=O) groups excluding carboxylic acids is 2. The van der Waals surface area contributed by atoms with Gasteiger partial charge in [0.05, 0.1) is 12.2 Å². The number of nitrogens with zero attached hydrogens (tertiary/aromatic N) is 2. The highest BCUT2D eigenvalue weighted by molar-refractivity contribution is 7.88. The van der Waals surface area contributed by atoms with Crippen LogP contribution in [0.25, 0.3) is 0 Å². The normalized spacial score (nSPS) is 11.9. The SMILES string of the molecule is CN(CC(=O)NCc1ccc(C(=N)N)cc1)C(=O)[C@@H](CCc1ccccc1)NS(=O)(=O)Cc1ccccn1. The number of carbonyl (C=O) groups is 2. The molecule has 3 rings (SSSR count). The molecule has 0 saturated heterocycles. The molecule has 1 aromatic heterocycles. The monoisotopic (exact) mass is 536 g/mol. The maximum absolute atomic E-state index is 13.3. The van der Waals surface area contributed by atoms with Gasteiger partial charge in [-0.2, -0.15) is 0 Å². The van der Waals surface area contributed by atoms with E-state index in [9.17, 15) is 18.0 Å². The van der Waals surface area contributed by atoms with Crippen molar-refractivity contribution in [3.05, 3.63) is 101 Å². The Morgan fingerprint density at radius 2 is 1.68 bits per heavy atom. The van der Waals surface area contributed by atoms with Gasteiger partial charge in [0.25, 0.3) is 0 Å². The topological polar surface area (TPSA) is 158 Å². The van der Waals surface area contributed by atoms with Gasteiger partial charge in [0.1, 0.15) is 17.6 Å². The summed E-state index contributed by atoms with van der Waals surface area (Å²) >= 11 is 0. The molecule has 38 heavy (non-hydrogen) atoms. The molecule has 3 aromatic rings. The summed E-state index contributed by atoms with van der Waals surface area (Å²) in [7, 11) is -2.42. The zero-order valence-electron chi connectivity index (χ0n) is 21.1. The summed E-state index contributed by atoms with van der Waals surface area (Å²) in [5.41, 5.74) is 8.16. The lowest BCUT2D eigenvalue weighted by molar-refractivity contribution is -0.136. The number of sulfonamides is 1. The lowest BCUT2D eigenvalue weighted by Crippen LogP contribution is -2.50.